The molecule has 19 nitrogen and oxygen atoms in total. The molecule has 135 heavy (non-hydrogen) atoms. The average molecular weight is 1790 g/mol. The summed E-state index contributed by atoms with van der Waals surface area (Å²) >= 11 is 0. The molecule has 1 aromatic heterocycles. The molecule has 0 amide bonds. The molecular formula is C116H105N5O14. The topological polar surface area (TPSA) is 184 Å². The van der Waals surface area contributed by atoms with Gasteiger partial charge in [0.05, 0.1) is 18.9 Å². The Hall–Kier alpha value is -16.2. The van der Waals surface area contributed by atoms with Crippen LogP contribution in [0.1, 0.15) is 95.2 Å². The molecule has 0 atom stereocenters. The largest absolute Gasteiger partial charge is 0.489 e. The van der Waals surface area contributed by atoms with E-state index in [0.29, 0.717) is 146 Å². The van der Waals surface area contributed by atoms with Crippen LogP contribution in [0, 0.1) is 0 Å². The molecular weight excluding hydrogens is 1690 g/mol. The number of hydrogen-bond donors (Lipinski definition) is 2. The van der Waals surface area contributed by atoms with Crippen LogP contribution in [0.15, 0.2) is 401 Å². The lowest BCUT2D eigenvalue weighted by Gasteiger charge is -2.17. The highest BCUT2D eigenvalue weighted by Gasteiger charge is 2.19. The SMILES string of the molecule is CNC(NC)c1ccc(-c2cn(Cc3cc(OCc4cc(OCc5cc(OCc6ccccc6)cc(OCc6ccccc6)c5)cc(OCc5cc(OCc6ccccc6)cc(OCc6ccccc6)c5)c4)cc(OCc4cc(OCc5cc(OCc6ccccc6)cc(OCc6ccccc6)c5)cc(OCc5cc(OCc6ccccc6)cc(OCc6ccccc6)c5)c4)c3)nn2)cc1. The normalized spacial score (nSPS) is 11.0. The van der Waals surface area contributed by atoms with E-state index in [1.54, 1.807) is 0 Å². The first-order valence-electron chi connectivity index (χ1n) is 45.0. The number of hydrogen-bond acceptors (Lipinski definition) is 18. The van der Waals surface area contributed by atoms with Gasteiger partial charge in [0.25, 0.3) is 0 Å². The van der Waals surface area contributed by atoms with Crippen molar-refractivity contribution in [3.05, 3.63) is 490 Å². The van der Waals surface area contributed by atoms with Crippen LogP contribution in [-0.4, -0.2) is 29.1 Å². The van der Waals surface area contributed by atoms with Gasteiger partial charge in [-0.1, -0.05) is 272 Å². The van der Waals surface area contributed by atoms with Gasteiger partial charge in [-0.05, 0) is 188 Å². The van der Waals surface area contributed by atoms with Crippen LogP contribution in [0.4, 0.5) is 0 Å². The van der Waals surface area contributed by atoms with Crippen LogP contribution >= 0.6 is 0 Å². The fraction of sp³-hybridized carbons (Fsp3) is 0.155. The van der Waals surface area contributed by atoms with Crippen LogP contribution in [0.3, 0.4) is 0 Å². The summed E-state index contributed by atoms with van der Waals surface area (Å²) in [7, 11) is 3.84. The lowest BCUT2D eigenvalue weighted by Crippen LogP contribution is -2.28. The number of benzene rings is 16. The zero-order chi connectivity index (χ0) is 91.6. The molecule has 17 rings (SSSR count). The molecule has 678 valence electrons. The Balaban J connectivity index is 0.690. The third-order valence-corrected chi connectivity index (χ3v) is 22.0. The zero-order valence-corrected chi connectivity index (χ0v) is 75.3. The molecule has 0 saturated heterocycles. The van der Waals surface area contributed by atoms with E-state index < -0.39 is 0 Å². The van der Waals surface area contributed by atoms with Crippen molar-refractivity contribution >= 4 is 0 Å². The third kappa shape index (κ3) is 28.2. The second kappa shape index (κ2) is 47.0. The van der Waals surface area contributed by atoms with Crippen molar-refractivity contribution in [3.8, 4) is 91.8 Å². The Morgan fingerprint density at radius 2 is 0.370 bits per heavy atom. The molecule has 0 saturated carbocycles. The number of aromatic nitrogens is 3. The van der Waals surface area contributed by atoms with Gasteiger partial charge >= 0.3 is 0 Å². The molecule has 19 heteroatoms. The molecule has 0 aliphatic heterocycles. The van der Waals surface area contributed by atoms with Crippen molar-refractivity contribution in [1.82, 2.24) is 25.6 Å². The van der Waals surface area contributed by atoms with E-state index in [9.17, 15) is 0 Å². The molecule has 0 aliphatic carbocycles. The summed E-state index contributed by atoms with van der Waals surface area (Å²) in [6.45, 7) is 3.82. The quantitative estimate of drug-likeness (QED) is 0.0343. The molecule has 1 heterocycles. The zero-order valence-electron chi connectivity index (χ0n) is 75.3. The molecule has 0 fully saturated rings. The smallest absolute Gasteiger partial charge is 0.123 e. The van der Waals surface area contributed by atoms with Gasteiger partial charge in [-0.2, -0.15) is 0 Å². The third-order valence-electron chi connectivity index (χ3n) is 22.0. The molecule has 2 N–H and O–H groups in total. The monoisotopic (exact) mass is 1790 g/mol. The molecule has 0 bridgehead atoms. The minimum atomic E-state index is -0.0252. The van der Waals surface area contributed by atoms with Gasteiger partial charge in [0.2, 0.25) is 0 Å². The first-order valence-corrected chi connectivity index (χ1v) is 45.0. The van der Waals surface area contributed by atoms with Crippen molar-refractivity contribution in [2.45, 2.75) is 105 Å². The van der Waals surface area contributed by atoms with Crippen LogP contribution in [0.5, 0.6) is 80.5 Å². The molecule has 0 spiro atoms. The highest BCUT2D eigenvalue weighted by molar-refractivity contribution is 5.58. The molecule has 0 radical (unpaired) electrons. The number of nitrogens with one attached hydrogen (secondary N) is 2. The average Bonchev–Trinajstić information content (AvgIpc) is 1.74. The van der Waals surface area contributed by atoms with E-state index in [2.05, 4.69) is 45.2 Å². The van der Waals surface area contributed by atoms with Crippen molar-refractivity contribution in [3.63, 3.8) is 0 Å². The highest BCUT2D eigenvalue weighted by atomic mass is 16.5. The first-order chi connectivity index (χ1) is 66.6. The molecule has 16 aromatic carbocycles. The minimum absolute atomic E-state index is 0.0252. The summed E-state index contributed by atoms with van der Waals surface area (Å²) in [4.78, 5) is 0. The second-order valence-electron chi connectivity index (χ2n) is 32.5. The van der Waals surface area contributed by atoms with Crippen LogP contribution < -0.4 is 76.9 Å². The van der Waals surface area contributed by atoms with Gasteiger partial charge in [-0.25, -0.2) is 4.68 Å². The number of rotatable bonds is 48. The number of ether oxygens (including phenoxy) is 14. The Morgan fingerprint density at radius 3 is 0.548 bits per heavy atom. The van der Waals surface area contributed by atoms with Gasteiger partial charge < -0.3 is 76.9 Å². The first kappa shape index (κ1) is 90.7. The fourth-order valence-electron chi connectivity index (χ4n) is 15.1. The molecule has 0 aliphatic rings. The van der Waals surface area contributed by atoms with E-state index in [-0.39, 0.29) is 45.8 Å². The maximum Gasteiger partial charge on any atom is 0.123 e. The van der Waals surface area contributed by atoms with Crippen LogP contribution in [0.25, 0.3) is 11.3 Å². The van der Waals surface area contributed by atoms with Crippen molar-refractivity contribution in [2.24, 2.45) is 0 Å². The highest BCUT2D eigenvalue weighted by Crippen LogP contribution is 2.37. The van der Waals surface area contributed by atoms with Gasteiger partial charge in [-0.3, -0.25) is 0 Å². The minimum Gasteiger partial charge on any atom is -0.489 e. The lowest BCUT2D eigenvalue weighted by molar-refractivity contribution is 0.270. The van der Waals surface area contributed by atoms with Gasteiger partial charge in [0.15, 0.2) is 0 Å². The Labute approximate surface area is 787 Å². The van der Waals surface area contributed by atoms with Crippen molar-refractivity contribution in [1.29, 1.82) is 0 Å². The maximum atomic E-state index is 7.02. The van der Waals surface area contributed by atoms with E-state index >= 15 is 0 Å². The van der Waals surface area contributed by atoms with E-state index in [1.807, 2.05) is 395 Å². The summed E-state index contributed by atoms with van der Waals surface area (Å²) in [6.07, 6.45) is 1.91. The Kier molecular flexibility index (Phi) is 31.6. The van der Waals surface area contributed by atoms with E-state index in [1.165, 1.54) is 0 Å². The van der Waals surface area contributed by atoms with Crippen LogP contribution in [-0.2, 0) is 99.0 Å². The Morgan fingerprint density at radius 1 is 0.200 bits per heavy atom. The van der Waals surface area contributed by atoms with Gasteiger partial charge in [-0.15, -0.1) is 5.10 Å². The molecule has 17 aromatic rings. The van der Waals surface area contributed by atoms with Gasteiger partial charge in [0.1, 0.15) is 179 Å². The fourth-order valence-corrected chi connectivity index (χ4v) is 15.1. The second-order valence-corrected chi connectivity index (χ2v) is 32.5. The Bertz CT molecular complexity index is 5660. The summed E-state index contributed by atoms with van der Waals surface area (Å²) in [5.41, 5.74) is 16.5. The van der Waals surface area contributed by atoms with Gasteiger partial charge in [0, 0.05) is 48.0 Å². The lowest BCUT2D eigenvalue weighted by atomic mass is 10.1. The van der Waals surface area contributed by atoms with Crippen molar-refractivity contribution < 1.29 is 66.3 Å². The summed E-state index contributed by atoms with van der Waals surface area (Å²) in [5, 5.41) is 16.0. The maximum absolute atomic E-state index is 7.02. The predicted molar refractivity (Wildman–Crippen MR) is 523 cm³/mol. The predicted octanol–water partition coefficient (Wildman–Crippen LogP) is 24.5. The van der Waals surface area contributed by atoms with E-state index in [0.717, 1.165) is 94.6 Å². The van der Waals surface area contributed by atoms with E-state index in [4.69, 9.17) is 66.3 Å². The summed E-state index contributed by atoms with van der Waals surface area (Å²) in [5.74, 6) is 8.12. The molecule has 0 unspecified atom stereocenters. The number of nitrogens with zero attached hydrogens (tertiary/aromatic N) is 3. The van der Waals surface area contributed by atoms with Crippen molar-refractivity contribution in [2.75, 3.05) is 14.1 Å². The standard InChI is InChI=1S/C116H105N5O14/c1-117-116(118-2)100-45-43-99(44-46-100)115-69-121(120-119-115)68-92-47-101(130-78-97-57-111(132-80-93-49-103(122-70-84-27-11-3-12-28-84)62-104(50-93)123-71-85-29-13-4-14-30-85)66-112(58-97)133-81-94-51-105(124-72-86-31-15-5-16-32-86)63-106(52-94)125-73-87-33-17-6-18-34-87)61-102(48-92)131-79-98-59-113(134-82-95-53-107(126-74-88-35-19-7-20-36-88)64-108(54-95)127-75-89-37-21-8-22-38-89)67-114(60-98)135-83-96-55-109(128-76-90-39-23-9-24-40-90)65-110(56-96)129-77-91-41-25-10-26-42-91/h3-67,69,116-118H,68,70-83H2,1-2H3. The summed E-state index contributed by atoms with van der Waals surface area (Å²) < 4.78 is 95.1. The summed E-state index contributed by atoms with van der Waals surface area (Å²) in [6, 6.07) is 130. The van der Waals surface area contributed by atoms with Crippen LogP contribution in [0.2, 0.25) is 0 Å².